The van der Waals surface area contributed by atoms with E-state index in [1.807, 2.05) is 22.9 Å². The SMILES string of the molecule is Cc1ccc2c(c1)CCC(C(=O)Nc1ccnn1C1CCC1)O2. The van der Waals surface area contributed by atoms with Gasteiger partial charge in [0.15, 0.2) is 6.10 Å². The molecule has 1 unspecified atom stereocenters. The van der Waals surface area contributed by atoms with E-state index < -0.39 is 6.10 Å². The second-order valence-electron chi connectivity index (χ2n) is 6.49. The molecule has 1 atom stereocenters. The molecular weight excluding hydrogens is 290 g/mol. The first-order chi connectivity index (χ1) is 11.2. The minimum atomic E-state index is -0.435. The van der Waals surface area contributed by atoms with Gasteiger partial charge in [0.05, 0.1) is 12.2 Å². The molecule has 1 fully saturated rings. The fraction of sp³-hybridized carbons (Fsp3) is 0.444. The molecule has 2 heterocycles. The fourth-order valence-electron chi connectivity index (χ4n) is 3.24. The molecule has 120 valence electrons. The highest BCUT2D eigenvalue weighted by atomic mass is 16.5. The van der Waals surface area contributed by atoms with E-state index >= 15 is 0 Å². The molecule has 1 N–H and O–H groups in total. The molecule has 1 aliphatic heterocycles. The Morgan fingerprint density at radius 3 is 2.96 bits per heavy atom. The van der Waals surface area contributed by atoms with Gasteiger partial charge in [0, 0.05) is 6.07 Å². The molecule has 2 aliphatic rings. The Hall–Kier alpha value is -2.30. The van der Waals surface area contributed by atoms with Crippen LogP contribution in [-0.4, -0.2) is 21.8 Å². The van der Waals surface area contributed by atoms with E-state index in [1.165, 1.54) is 17.5 Å². The number of rotatable bonds is 3. The number of fused-ring (bicyclic) bond motifs is 1. The van der Waals surface area contributed by atoms with Crippen LogP contribution in [0.2, 0.25) is 0 Å². The van der Waals surface area contributed by atoms with Gasteiger partial charge < -0.3 is 10.1 Å². The third kappa shape index (κ3) is 2.71. The monoisotopic (exact) mass is 311 g/mol. The first kappa shape index (κ1) is 14.3. The van der Waals surface area contributed by atoms with Crippen LogP contribution >= 0.6 is 0 Å². The molecule has 1 saturated carbocycles. The van der Waals surface area contributed by atoms with E-state index in [-0.39, 0.29) is 5.91 Å². The number of nitrogens with one attached hydrogen (secondary N) is 1. The van der Waals surface area contributed by atoms with E-state index in [9.17, 15) is 4.79 Å². The molecule has 0 spiro atoms. The zero-order valence-corrected chi connectivity index (χ0v) is 13.3. The molecule has 5 nitrogen and oxygen atoms in total. The minimum Gasteiger partial charge on any atom is -0.480 e. The lowest BCUT2D eigenvalue weighted by atomic mass is 9.93. The number of ether oxygens (including phenoxy) is 1. The summed E-state index contributed by atoms with van der Waals surface area (Å²) in [5, 5.41) is 7.33. The Morgan fingerprint density at radius 2 is 2.17 bits per heavy atom. The molecule has 1 aromatic heterocycles. The lowest BCUT2D eigenvalue weighted by molar-refractivity contribution is -0.123. The van der Waals surface area contributed by atoms with Gasteiger partial charge in [-0.3, -0.25) is 4.79 Å². The highest BCUT2D eigenvalue weighted by Gasteiger charge is 2.28. The van der Waals surface area contributed by atoms with Crippen molar-refractivity contribution in [3.8, 4) is 5.75 Å². The average Bonchev–Trinajstić information content (AvgIpc) is 2.92. The van der Waals surface area contributed by atoms with Crippen molar-refractivity contribution in [2.75, 3.05) is 5.32 Å². The van der Waals surface area contributed by atoms with E-state index in [4.69, 9.17) is 4.74 Å². The van der Waals surface area contributed by atoms with Crippen LogP contribution in [0.25, 0.3) is 0 Å². The van der Waals surface area contributed by atoms with E-state index in [1.54, 1.807) is 6.20 Å². The second-order valence-corrected chi connectivity index (χ2v) is 6.49. The smallest absolute Gasteiger partial charge is 0.266 e. The van der Waals surface area contributed by atoms with Crippen LogP contribution in [0.3, 0.4) is 0 Å². The van der Waals surface area contributed by atoms with Gasteiger partial charge in [-0.25, -0.2) is 4.68 Å². The Labute approximate surface area is 135 Å². The van der Waals surface area contributed by atoms with Crippen LogP contribution in [0.1, 0.15) is 42.9 Å². The van der Waals surface area contributed by atoms with Crippen LogP contribution in [0.15, 0.2) is 30.5 Å². The summed E-state index contributed by atoms with van der Waals surface area (Å²) in [6.45, 7) is 2.07. The van der Waals surface area contributed by atoms with Gasteiger partial charge in [0.25, 0.3) is 5.91 Å². The molecule has 1 aromatic carbocycles. The Bertz CT molecular complexity index is 734. The fourth-order valence-corrected chi connectivity index (χ4v) is 3.24. The van der Waals surface area contributed by atoms with Crippen molar-refractivity contribution >= 4 is 11.7 Å². The number of benzene rings is 1. The van der Waals surface area contributed by atoms with Crippen molar-refractivity contribution < 1.29 is 9.53 Å². The van der Waals surface area contributed by atoms with Gasteiger partial charge in [-0.15, -0.1) is 0 Å². The first-order valence-corrected chi connectivity index (χ1v) is 8.31. The first-order valence-electron chi connectivity index (χ1n) is 8.31. The van der Waals surface area contributed by atoms with Crippen molar-refractivity contribution in [2.24, 2.45) is 0 Å². The number of carbonyl (C=O) groups excluding carboxylic acids is 1. The molecule has 1 amide bonds. The summed E-state index contributed by atoms with van der Waals surface area (Å²) in [5.41, 5.74) is 2.41. The Morgan fingerprint density at radius 1 is 1.30 bits per heavy atom. The van der Waals surface area contributed by atoms with E-state index in [0.29, 0.717) is 12.5 Å². The molecule has 4 rings (SSSR count). The number of aromatic nitrogens is 2. The van der Waals surface area contributed by atoms with Crippen molar-refractivity contribution in [2.45, 2.75) is 51.2 Å². The van der Waals surface area contributed by atoms with Gasteiger partial charge in [-0.05, 0) is 50.7 Å². The third-order valence-electron chi connectivity index (χ3n) is 4.80. The highest BCUT2D eigenvalue weighted by molar-refractivity contribution is 5.93. The van der Waals surface area contributed by atoms with Gasteiger partial charge in [0.1, 0.15) is 11.6 Å². The number of anilines is 1. The van der Waals surface area contributed by atoms with Crippen molar-refractivity contribution in [1.29, 1.82) is 0 Å². The minimum absolute atomic E-state index is 0.0858. The highest BCUT2D eigenvalue weighted by Crippen LogP contribution is 2.33. The third-order valence-corrected chi connectivity index (χ3v) is 4.80. The molecular formula is C18H21N3O2. The summed E-state index contributed by atoms with van der Waals surface area (Å²) in [6, 6.07) is 8.40. The van der Waals surface area contributed by atoms with Crippen LogP contribution < -0.4 is 10.1 Å². The molecule has 5 heteroatoms. The molecule has 0 radical (unpaired) electrons. The summed E-state index contributed by atoms with van der Waals surface area (Å²) >= 11 is 0. The number of aryl methyl sites for hydroxylation is 2. The van der Waals surface area contributed by atoms with Gasteiger partial charge in [0.2, 0.25) is 0 Å². The van der Waals surface area contributed by atoms with Crippen LogP contribution in [-0.2, 0) is 11.2 Å². The number of hydrogen-bond donors (Lipinski definition) is 1. The zero-order valence-electron chi connectivity index (χ0n) is 13.3. The largest absolute Gasteiger partial charge is 0.480 e. The van der Waals surface area contributed by atoms with E-state index in [0.717, 1.165) is 30.8 Å². The molecule has 0 bridgehead atoms. The lowest BCUT2D eigenvalue weighted by Gasteiger charge is -2.28. The van der Waals surface area contributed by atoms with Crippen molar-refractivity contribution in [1.82, 2.24) is 9.78 Å². The maximum Gasteiger partial charge on any atom is 0.266 e. The normalized spacial score (nSPS) is 20.3. The molecule has 2 aromatic rings. The van der Waals surface area contributed by atoms with Crippen LogP contribution in [0.5, 0.6) is 5.75 Å². The summed E-state index contributed by atoms with van der Waals surface area (Å²) < 4.78 is 7.83. The standard InChI is InChI=1S/C18H21N3O2/c1-12-5-7-15-13(11-12)6-8-16(23-15)18(22)20-17-9-10-19-21(17)14-3-2-4-14/h5,7,9-11,14,16H,2-4,6,8H2,1H3,(H,20,22). The summed E-state index contributed by atoms with van der Waals surface area (Å²) in [6.07, 6.45) is 6.40. The lowest BCUT2D eigenvalue weighted by Crippen LogP contribution is -2.36. The van der Waals surface area contributed by atoms with Crippen LogP contribution in [0, 0.1) is 6.92 Å². The Kier molecular flexibility index (Phi) is 3.56. The predicted octanol–water partition coefficient (Wildman–Crippen LogP) is 3.25. The quantitative estimate of drug-likeness (QED) is 0.946. The molecule has 0 saturated heterocycles. The summed E-state index contributed by atoms with van der Waals surface area (Å²) in [5.74, 6) is 1.52. The van der Waals surface area contributed by atoms with Crippen molar-refractivity contribution in [3.63, 3.8) is 0 Å². The topological polar surface area (TPSA) is 56.2 Å². The summed E-state index contributed by atoms with van der Waals surface area (Å²) in [7, 11) is 0. The summed E-state index contributed by atoms with van der Waals surface area (Å²) in [4.78, 5) is 12.5. The zero-order chi connectivity index (χ0) is 15.8. The molecule has 23 heavy (non-hydrogen) atoms. The number of nitrogens with zero attached hydrogens (tertiary/aromatic N) is 2. The van der Waals surface area contributed by atoms with Crippen LogP contribution in [0.4, 0.5) is 5.82 Å². The van der Waals surface area contributed by atoms with Gasteiger partial charge >= 0.3 is 0 Å². The maximum atomic E-state index is 12.5. The average molecular weight is 311 g/mol. The molecule has 1 aliphatic carbocycles. The van der Waals surface area contributed by atoms with Gasteiger partial charge in [-0.2, -0.15) is 5.10 Å². The number of carbonyl (C=O) groups is 1. The van der Waals surface area contributed by atoms with E-state index in [2.05, 4.69) is 23.4 Å². The number of amides is 1. The maximum absolute atomic E-state index is 12.5. The predicted molar refractivity (Wildman–Crippen MR) is 87.7 cm³/mol. The second kappa shape index (κ2) is 5.72. The van der Waals surface area contributed by atoms with Crippen molar-refractivity contribution in [3.05, 3.63) is 41.6 Å². The van der Waals surface area contributed by atoms with Gasteiger partial charge in [-0.1, -0.05) is 17.7 Å². The number of hydrogen-bond acceptors (Lipinski definition) is 3. The Balaban J connectivity index is 1.46.